The van der Waals surface area contributed by atoms with E-state index in [9.17, 15) is 12.8 Å². The summed E-state index contributed by atoms with van der Waals surface area (Å²) >= 11 is 1.52. The zero-order valence-corrected chi connectivity index (χ0v) is 18.9. The number of hydrogen-bond donors (Lipinski definition) is 0. The van der Waals surface area contributed by atoms with Gasteiger partial charge < -0.3 is 9.47 Å². The molecule has 10 heteroatoms. The van der Waals surface area contributed by atoms with Gasteiger partial charge in [-0.25, -0.2) is 17.8 Å². The zero-order chi connectivity index (χ0) is 22.1. The van der Waals surface area contributed by atoms with E-state index in [1.54, 1.807) is 30.3 Å². The number of benzene rings is 2. The SMILES string of the molecule is O=S(=O)(c1ccc2c(c1)OCCO2)N1CCN(Cc2csc(-c3ccc(F)cc3)n2)CC1. The number of halogens is 1. The van der Waals surface area contributed by atoms with Gasteiger partial charge in [0.15, 0.2) is 11.5 Å². The van der Waals surface area contributed by atoms with E-state index in [0.717, 1.165) is 16.3 Å². The van der Waals surface area contributed by atoms with Crippen molar-refractivity contribution in [2.24, 2.45) is 0 Å². The van der Waals surface area contributed by atoms with Gasteiger partial charge in [-0.15, -0.1) is 11.3 Å². The third-order valence-corrected chi connectivity index (χ3v) is 8.35. The monoisotopic (exact) mass is 475 g/mol. The Labute approximate surface area is 190 Å². The standard InChI is InChI=1S/C22H22FN3O4S2/c23-17-3-1-16(2-4-17)22-24-18(15-31-22)14-25-7-9-26(10-8-25)32(27,28)19-5-6-20-21(13-19)30-12-11-29-20/h1-6,13,15H,7-12,14H2. The van der Waals surface area contributed by atoms with Crippen LogP contribution in [-0.4, -0.2) is 62.0 Å². The topological polar surface area (TPSA) is 72.0 Å². The Bertz CT molecular complexity index is 1210. The van der Waals surface area contributed by atoms with Crippen molar-refractivity contribution < 1.29 is 22.3 Å². The number of aromatic nitrogens is 1. The third kappa shape index (κ3) is 4.36. The number of thiazole rings is 1. The molecular weight excluding hydrogens is 453 g/mol. The molecule has 2 aliphatic rings. The zero-order valence-electron chi connectivity index (χ0n) is 17.2. The number of hydrogen-bond acceptors (Lipinski definition) is 7. The Balaban J connectivity index is 1.21. The van der Waals surface area contributed by atoms with Gasteiger partial charge in [-0.2, -0.15) is 4.31 Å². The maximum absolute atomic E-state index is 13.1. The Morgan fingerprint density at radius 2 is 1.69 bits per heavy atom. The molecule has 0 saturated carbocycles. The molecule has 7 nitrogen and oxygen atoms in total. The number of sulfonamides is 1. The number of ether oxygens (including phenoxy) is 2. The van der Waals surface area contributed by atoms with E-state index in [1.807, 2.05) is 5.38 Å². The van der Waals surface area contributed by atoms with Gasteiger partial charge in [-0.05, 0) is 36.4 Å². The number of fused-ring (bicyclic) bond motifs is 1. The van der Waals surface area contributed by atoms with E-state index in [4.69, 9.17) is 9.47 Å². The van der Waals surface area contributed by atoms with Crippen molar-refractivity contribution in [3.8, 4) is 22.1 Å². The highest BCUT2D eigenvalue weighted by Crippen LogP contribution is 2.33. The molecule has 0 radical (unpaired) electrons. The Morgan fingerprint density at radius 3 is 2.44 bits per heavy atom. The second-order valence-electron chi connectivity index (χ2n) is 7.64. The third-order valence-electron chi connectivity index (χ3n) is 5.51. The largest absolute Gasteiger partial charge is 0.486 e. The van der Waals surface area contributed by atoms with Crippen LogP contribution in [0.5, 0.6) is 11.5 Å². The van der Waals surface area contributed by atoms with Crippen LogP contribution >= 0.6 is 11.3 Å². The van der Waals surface area contributed by atoms with Crippen molar-refractivity contribution in [2.75, 3.05) is 39.4 Å². The van der Waals surface area contributed by atoms with Gasteiger partial charge in [0, 0.05) is 49.7 Å². The number of rotatable bonds is 5. The molecule has 3 aromatic rings. The van der Waals surface area contributed by atoms with Gasteiger partial charge in [0.2, 0.25) is 10.0 Å². The molecule has 1 saturated heterocycles. The fourth-order valence-corrected chi connectivity index (χ4v) is 6.05. The molecule has 1 aromatic heterocycles. The summed E-state index contributed by atoms with van der Waals surface area (Å²) in [4.78, 5) is 7.07. The number of piperazine rings is 1. The molecule has 0 atom stereocenters. The second-order valence-corrected chi connectivity index (χ2v) is 10.4. The molecule has 5 rings (SSSR count). The first kappa shape index (κ1) is 21.3. The molecule has 2 aliphatic heterocycles. The quantitative estimate of drug-likeness (QED) is 0.564. The summed E-state index contributed by atoms with van der Waals surface area (Å²) in [6.07, 6.45) is 0. The molecule has 0 N–H and O–H groups in total. The molecule has 0 bridgehead atoms. The first-order valence-electron chi connectivity index (χ1n) is 10.3. The van der Waals surface area contributed by atoms with E-state index in [-0.39, 0.29) is 10.7 Å². The summed E-state index contributed by atoms with van der Waals surface area (Å²) in [5, 5.41) is 2.84. The Kier molecular flexibility index (Phi) is 5.85. The highest BCUT2D eigenvalue weighted by molar-refractivity contribution is 7.89. The van der Waals surface area contributed by atoms with Crippen LogP contribution in [0.15, 0.2) is 52.7 Å². The van der Waals surface area contributed by atoms with E-state index >= 15 is 0 Å². The summed E-state index contributed by atoms with van der Waals surface area (Å²) in [7, 11) is -3.60. The summed E-state index contributed by atoms with van der Waals surface area (Å²) in [6, 6.07) is 11.1. The van der Waals surface area contributed by atoms with E-state index in [2.05, 4.69) is 9.88 Å². The van der Waals surface area contributed by atoms with Crippen LogP contribution < -0.4 is 9.47 Å². The fourth-order valence-electron chi connectivity index (χ4n) is 3.79. The van der Waals surface area contributed by atoms with E-state index in [0.29, 0.717) is 57.4 Å². The van der Waals surface area contributed by atoms with E-state index < -0.39 is 10.0 Å². The van der Waals surface area contributed by atoms with Gasteiger partial charge in [0.05, 0.1) is 10.6 Å². The maximum atomic E-state index is 13.1. The van der Waals surface area contributed by atoms with Crippen molar-refractivity contribution in [2.45, 2.75) is 11.4 Å². The van der Waals surface area contributed by atoms with Gasteiger partial charge in [-0.1, -0.05) is 0 Å². The van der Waals surface area contributed by atoms with Crippen LogP contribution in [0.1, 0.15) is 5.69 Å². The summed E-state index contributed by atoms with van der Waals surface area (Å²) < 4.78 is 51.8. The van der Waals surface area contributed by atoms with E-state index in [1.165, 1.54) is 27.8 Å². The van der Waals surface area contributed by atoms with Crippen molar-refractivity contribution in [3.05, 3.63) is 59.4 Å². The van der Waals surface area contributed by atoms with Crippen molar-refractivity contribution in [1.29, 1.82) is 0 Å². The van der Waals surface area contributed by atoms with Crippen molar-refractivity contribution in [3.63, 3.8) is 0 Å². The van der Waals surface area contributed by atoms with Crippen molar-refractivity contribution in [1.82, 2.24) is 14.2 Å². The average Bonchev–Trinajstić information content (AvgIpc) is 3.28. The van der Waals surface area contributed by atoms with Crippen LogP contribution in [0.3, 0.4) is 0 Å². The second kappa shape index (κ2) is 8.78. The van der Waals surface area contributed by atoms with Gasteiger partial charge >= 0.3 is 0 Å². The normalized spacial score (nSPS) is 17.4. The van der Waals surface area contributed by atoms with Crippen LogP contribution in [0.25, 0.3) is 10.6 Å². The first-order chi connectivity index (χ1) is 15.5. The molecule has 0 amide bonds. The van der Waals surface area contributed by atoms with Crippen LogP contribution in [-0.2, 0) is 16.6 Å². The van der Waals surface area contributed by atoms with Crippen LogP contribution in [0, 0.1) is 5.82 Å². The molecule has 0 spiro atoms. The molecule has 0 unspecified atom stereocenters. The highest BCUT2D eigenvalue weighted by Gasteiger charge is 2.30. The van der Waals surface area contributed by atoms with Crippen LogP contribution in [0.2, 0.25) is 0 Å². The molecule has 2 aromatic carbocycles. The lowest BCUT2D eigenvalue weighted by Gasteiger charge is -2.33. The minimum absolute atomic E-state index is 0.221. The molecule has 32 heavy (non-hydrogen) atoms. The lowest BCUT2D eigenvalue weighted by atomic mass is 10.2. The predicted molar refractivity (Wildman–Crippen MR) is 119 cm³/mol. The predicted octanol–water partition coefficient (Wildman–Crippen LogP) is 3.23. The smallest absolute Gasteiger partial charge is 0.243 e. The minimum atomic E-state index is -3.60. The lowest BCUT2D eigenvalue weighted by Crippen LogP contribution is -2.48. The Morgan fingerprint density at radius 1 is 0.969 bits per heavy atom. The first-order valence-corrected chi connectivity index (χ1v) is 12.6. The molecule has 0 aliphatic carbocycles. The van der Waals surface area contributed by atoms with Gasteiger partial charge in [-0.3, -0.25) is 4.90 Å². The summed E-state index contributed by atoms with van der Waals surface area (Å²) in [6.45, 7) is 3.58. The highest BCUT2D eigenvalue weighted by atomic mass is 32.2. The van der Waals surface area contributed by atoms with Crippen LogP contribution in [0.4, 0.5) is 4.39 Å². The van der Waals surface area contributed by atoms with Crippen molar-refractivity contribution >= 4 is 21.4 Å². The lowest BCUT2D eigenvalue weighted by molar-refractivity contribution is 0.170. The fraction of sp³-hybridized carbons (Fsp3) is 0.318. The molecule has 168 valence electrons. The Hall–Kier alpha value is -2.53. The maximum Gasteiger partial charge on any atom is 0.243 e. The molecule has 3 heterocycles. The summed E-state index contributed by atoms with van der Waals surface area (Å²) in [5.74, 6) is 0.773. The summed E-state index contributed by atoms with van der Waals surface area (Å²) in [5.41, 5.74) is 1.82. The van der Waals surface area contributed by atoms with Gasteiger partial charge in [0.1, 0.15) is 24.0 Å². The average molecular weight is 476 g/mol. The van der Waals surface area contributed by atoms with Gasteiger partial charge in [0.25, 0.3) is 0 Å². The minimum Gasteiger partial charge on any atom is -0.486 e. The molecular formula is C22H22FN3O4S2. The number of nitrogens with zero attached hydrogens (tertiary/aromatic N) is 3. The molecule has 1 fully saturated rings.